The van der Waals surface area contributed by atoms with E-state index in [1.807, 2.05) is 57.0 Å². The molecule has 3 aromatic rings. The fourth-order valence-electron chi connectivity index (χ4n) is 3.73. The molecule has 1 saturated heterocycles. The number of hydrogen-bond donors (Lipinski definition) is 1. The summed E-state index contributed by atoms with van der Waals surface area (Å²) >= 11 is 0. The quantitative estimate of drug-likeness (QED) is 0.710. The molecule has 1 aliphatic rings. The van der Waals surface area contributed by atoms with E-state index in [1.54, 1.807) is 10.9 Å². The van der Waals surface area contributed by atoms with Gasteiger partial charge in [-0.3, -0.25) is 9.48 Å². The predicted molar refractivity (Wildman–Crippen MR) is 115 cm³/mol. The van der Waals surface area contributed by atoms with Crippen LogP contribution in [0.25, 0.3) is 0 Å². The van der Waals surface area contributed by atoms with Crippen LogP contribution in [0.3, 0.4) is 0 Å². The minimum absolute atomic E-state index is 0.0501. The number of amides is 1. The number of hydrogen-bond acceptors (Lipinski definition) is 7. The summed E-state index contributed by atoms with van der Waals surface area (Å²) in [6.45, 7) is 8.39. The summed E-state index contributed by atoms with van der Waals surface area (Å²) in [4.78, 5) is 30.4. The number of piperazine rings is 1. The second-order valence-electron chi connectivity index (χ2n) is 7.45. The third-order valence-electron chi connectivity index (χ3n) is 5.36. The molecule has 0 aromatic carbocycles. The van der Waals surface area contributed by atoms with Gasteiger partial charge in [0.05, 0.1) is 11.3 Å². The molecular weight excluding hydrogens is 380 g/mol. The van der Waals surface area contributed by atoms with E-state index in [2.05, 4.69) is 30.3 Å². The van der Waals surface area contributed by atoms with Gasteiger partial charge in [-0.2, -0.15) is 5.10 Å². The number of aryl methyl sites for hydroxylation is 3. The number of pyridine rings is 1. The number of nitrogens with zero attached hydrogens (tertiary/aromatic N) is 7. The molecule has 0 radical (unpaired) electrons. The molecule has 4 rings (SSSR count). The summed E-state index contributed by atoms with van der Waals surface area (Å²) in [6, 6.07) is 7.61. The Kier molecular flexibility index (Phi) is 5.35. The third-order valence-corrected chi connectivity index (χ3v) is 5.36. The van der Waals surface area contributed by atoms with Gasteiger partial charge in [0.25, 0.3) is 5.91 Å². The number of rotatable bonds is 4. The Morgan fingerprint density at radius 1 is 1.03 bits per heavy atom. The predicted octanol–water partition coefficient (Wildman–Crippen LogP) is 2.24. The highest BCUT2D eigenvalue weighted by atomic mass is 16.2. The highest BCUT2D eigenvalue weighted by Crippen LogP contribution is 2.21. The van der Waals surface area contributed by atoms with Crippen molar-refractivity contribution in [3.05, 3.63) is 53.2 Å². The van der Waals surface area contributed by atoms with E-state index in [1.165, 1.54) is 0 Å². The van der Waals surface area contributed by atoms with Crippen molar-refractivity contribution in [2.24, 2.45) is 7.05 Å². The lowest BCUT2D eigenvalue weighted by atomic mass is 10.1. The molecule has 3 aromatic heterocycles. The van der Waals surface area contributed by atoms with Gasteiger partial charge in [-0.25, -0.2) is 15.0 Å². The van der Waals surface area contributed by atoms with Gasteiger partial charge in [-0.1, -0.05) is 6.07 Å². The summed E-state index contributed by atoms with van der Waals surface area (Å²) in [5, 5.41) is 7.60. The Balaban J connectivity index is 1.46. The summed E-state index contributed by atoms with van der Waals surface area (Å²) < 4.78 is 1.76. The first-order chi connectivity index (χ1) is 14.4. The first-order valence-electron chi connectivity index (χ1n) is 10.0. The SMILES string of the molecule is Cc1nc(Nc2ccccn2)cc(N2CCN(C(=O)c3c(C)nn(C)c3C)CC2)n1. The van der Waals surface area contributed by atoms with E-state index in [-0.39, 0.29) is 5.91 Å². The Hall–Kier alpha value is -3.49. The van der Waals surface area contributed by atoms with Crippen molar-refractivity contribution in [3.8, 4) is 0 Å². The van der Waals surface area contributed by atoms with E-state index < -0.39 is 0 Å². The second-order valence-corrected chi connectivity index (χ2v) is 7.45. The van der Waals surface area contributed by atoms with Crippen molar-refractivity contribution in [1.82, 2.24) is 29.6 Å². The molecule has 4 heterocycles. The highest BCUT2D eigenvalue weighted by Gasteiger charge is 2.27. The second kappa shape index (κ2) is 8.10. The molecule has 0 atom stereocenters. The number of anilines is 3. The zero-order valence-corrected chi connectivity index (χ0v) is 17.8. The van der Waals surface area contributed by atoms with Gasteiger partial charge in [0.2, 0.25) is 0 Å². The maximum atomic E-state index is 13.0. The molecule has 1 N–H and O–H groups in total. The summed E-state index contributed by atoms with van der Waals surface area (Å²) in [6.07, 6.45) is 1.74. The van der Waals surface area contributed by atoms with Crippen LogP contribution in [0, 0.1) is 20.8 Å². The van der Waals surface area contributed by atoms with Crippen molar-refractivity contribution in [2.75, 3.05) is 36.4 Å². The van der Waals surface area contributed by atoms with Crippen molar-refractivity contribution in [1.29, 1.82) is 0 Å². The average molecular weight is 406 g/mol. The first-order valence-corrected chi connectivity index (χ1v) is 10.0. The van der Waals surface area contributed by atoms with Gasteiger partial charge < -0.3 is 15.1 Å². The normalized spacial score (nSPS) is 14.1. The van der Waals surface area contributed by atoms with Crippen LogP contribution >= 0.6 is 0 Å². The molecule has 9 nitrogen and oxygen atoms in total. The molecule has 0 unspecified atom stereocenters. The lowest BCUT2D eigenvalue weighted by molar-refractivity contribution is 0.0745. The van der Waals surface area contributed by atoms with Gasteiger partial charge in [-0.15, -0.1) is 0 Å². The molecular formula is C21H26N8O. The molecule has 0 saturated carbocycles. The Labute approximate surface area is 175 Å². The number of nitrogens with one attached hydrogen (secondary N) is 1. The fraction of sp³-hybridized carbons (Fsp3) is 0.381. The van der Waals surface area contributed by atoms with Crippen LogP contribution in [-0.2, 0) is 7.05 Å². The van der Waals surface area contributed by atoms with E-state index in [0.717, 1.165) is 23.0 Å². The lowest BCUT2D eigenvalue weighted by Gasteiger charge is -2.35. The monoisotopic (exact) mass is 406 g/mol. The topological polar surface area (TPSA) is 92.1 Å². The van der Waals surface area contributed by atoms with Crippen LogP contribution in [0.5, 0.6) is 0 Å². The number of aromatic nitrogens is 5. The van der Waals surface area contributed by atoms with Crippen LogP contribution in [0.4, 0.5) is 17.5 Å². The highest BCUT2D eigenvalue weighted by molar-refractivity contribution is 5.96. The molecule has 30 heavy (non-hydrogen) atoms. The van der Waals surface area contributed by atoms with E-state index >= 15 is 0 Å². The zero-order valence-electron chi connectivity index (χ0n) is 17.8. The maximum absolute atomic E-state index is 13.0. The minimum atomic E-state index is 0.0501. The Morgan fingerprint density at radius 3 is 2.43 bits per heavy atom. The third kappa shape index (κ3) is 3.96. The van der Waals surface area contributed by atoms with Crippen LogP contribution in [0.15, 0.2) is 30.5 Å². The molecule has 0 spiro atoms. The largest absolute Gasteiger partial charge is 0.353 e. The summed E-state index contributed by atoms with van der Waals surface area (Å²) in [5.74, 6) is 3.03. The van der Waals surface area contributed by atoms with Crippen LogP contribution in [0.1, 0.15) is 27.6 Å². The van der Waals surface area contributed by atoms with Gasteiger partial charge in [0, 0.05) is 51.2 Å². The molecule has 1 amide bonds. The number of carbonyl (C=O) groups excluding carboxylic acids is 1. The molecule has 1 aliphatic heterocycles. The average Bonchev–Trinajstić information content (AvgIpc) is 2.99. The fourth-order valence-corrected chi connectivity index (χ4v) is 3.73. The lowest BCUT2D eigenvalue weighted by Crippen LogP contribution is -2.49. The van der Waals surface area contributed by atoms with Crippen molar-refractivity contribution in [2.45, 2.75) is 20.8 Å². The van der Waals surface area contributed by atoms with Crippen molar-refractivity contribution < 1.29 is 4.79 Å². The molecule has 0 bridgehead atoms. The minimum Gasteiger partial charge on any atom is -0.353 e. The van der Waals surface area contributed by atoms with Gasteiger partial charge in [0.15, 0.2) is 0 Å². The van der Waals surface area contributed by atoms with Crippen molar-refractivity contribution >= 4 is 23.4 Å². The smallest absolute Gasteiger partial charge is 0.257 e. The van der Waals surface area contributed by atoms with Gasteiger partial charge in [0.1, 0.15) is 23.3 Å². The zero-order chi connectivity index (χ0) is 21.3. The van der Waals surface area contributed by atoms with Gasteiger partial charge in [-0.05, 0) is 32.9 Å². The van der Waals surface area contributed by atoms with E-state index in [4.69, 9.17) is 0 Å². The van der Waals surface area contributed by atoms with Crippen LogP contribution in [-0.4, -0.2) is 61.7 Å². The molecule has 0 aliphatic carbocycles. The standard InChI is InChI=1S/C21H26N8O/c1-14-20(15(2)27(4)26-14)21(30)29-11-9-28(10-12-29)19-13-18(23-16(3)24-19)25-17-7-5-6-8-22-17/h5-8,13H,9-12H2,1-4H3,(H,22,23,24,25). The number of carbonyl (C=O) groups is 1. The van der Waals surface area contributed by atoms with E-state index in [9.17, 15) is 4.79 Å². The van der Waals surface area contributed by atoms with Crippen molar-refractivity contribution in [3.63, 3.8) is 0 Å². The van der Waals surface area contributed by atoms with E-state index in [0.29, 0.717) is 43.4 Å². The summed E-state index contributed by atoms with van der Waals surface area (Å²) in [7, 11) is 1.87. The maximum Gasteiger partial charge on any atom is 0.257 e. The van der Waals surface area contributed by atoms with Gasteiger partial charge >= 0.3 is 0 Å². The Morgan fingerprint density at radius 2 is 1.80 bits per heavy atom. The summed E-state index contributed by atoms with van der Waals surface area (Å²) in [5.41, 5.74) is 2.39. The molecule has 1 fully saturated rings. The van der Waals surface area contributed by atoms with Crippen LogP contribution < -0.4 is 10.2 Å². The Bertz CT molecular complexity index is 1050. The van der Waals surface area contributed by atoms with Crippen LogP contribution in [0.2, 0.25) is 0 Å². The molecule has 156 valence electrons. The molecule has 9 heteroatoms. The first kappa shape index (κ1) is 19.8.